The molecule has 0 aliphatic rings. The molecule has 0 radical (unpaired) electrons. The minimum absolute atomic E-state index is 0.0853. The average Bonchev–Trinajstić information content (AvgIpc) is 2.86. The van der Waals surface area contributed by atoms with Crippen molar-refractivity contribution in [2.45, 2.75) is 6.42 Å². The van der Waals surface area contributed by atoms with E-state index in [-0.39, 0.29) is 21.6 Å². The van der Waals surface area contributed by atoms with E-state index < -0.39 is 0 Å². The van der Waals surface area contributed by atoms with Gasteiger partial charge in [-0.05, 0) is 0 Å². The topological polar surface area (TPSA) is 33.4 Å². The molecule has 2 nitrogen and oxygen atoms in total. The molecule has 0 amide bonds. The number of furan rings is 1. The Morgan fingerprint density at radius 3 is 2.57 bits per heavy atom. The quantitative estimate of drug-likeness (QED) is 0.582. The van der Waals surface area contributed by atoms with Crippen molar-refractivity contribution in [3.05, 3.63) is 60.2 Å². The second-order valence-electron chi connectivity index (χ2n) is 4.45. The van der Waals surface area contributed by atoms with Gasteiger partial charge < -0.3 is 0 Å². The third-order valence-electron chi connectivity index (χ3n) is 2.97. The van der Waals surface area contributed by atoms with Crippen LogP contribution in [0, 0.1) is 11.8 Å². The van der Waals surface area contributed by atoms with Crippen molar-refractivity contribution in [1.29, 1.82) is 0 Å². The molecule has 0 saturated carbocycles. The average molecular weight is 341 g/mol. The number of fused-ring (bicyclic) bond motifs is 1. The van der Waals surface area contributed by atoms with Gasteiger partial charge >= 0.3 is 130 Å². The van der Waals surface area contributed by atoms with Crippen LogP contribution in [0.2, 0.25) is 0 Å². The molecule has 0 unspecified atom stereocenters. The van der Waals surface area contributed by atoms with Gasteiger partial charge in [0.1, 0.15) is 0 Å². The van der Waals surface area contributed by atoms with Crippen molar-refractivity contribution in [3.63, 3.8) is 0 Å². The van der Waals surface area contributed by atoms with Crippen molar-refractivity contribution >= 4 is 35.0 Å². The number of aliphatic hydroxyl groups excluding tert-OH is 1. The van der Waals surface area contributed by atoms with Crippen LogP contribution in [0.4, 0.5) is 0 Å². The fourth-order valence-electron chi connectivity index (χ4n) is 2.02. The molecule has 0 fully saturated rings. The van der Waals surface area contributed by atoms with E-state index in [2.05, 4.69) is 24.0 Å². The van der Waals surface area contributed by atoms with E-state index in [1.54, 1.807) is 0 Å². The van der Waals surface area contributed by atoms with Gasteiger partial charge in [-0.3, -0.25) is 0 Å². The Bertz CT molecular complexity index is 794. The molecule has 1 aromatic heterocycles. The van der Waals surface area contributed by atoms with E-state index in [1.807, 2.05) is 42.5 Å². The molecule has 3 heteroatoms. The van der Waals surface area contributed by atoms with Gasteiger partial charge in [-0.25, -0.2) is 0 Å². The van der Waals surface area contributed by atoms with Crippen LogP contribution in [0.15, 0.2) is 59.0 Å². The van der Waals surface area contributed by atoms with Gasteiger partial charge in [-0.1, -0.05) is 0 Å². The van der Waals surface area contributed by atoms with E-state index >= 15 is 0 Å². The van der Waals surface area contributed by atoms with Crippen molar-refractivity contribution < 1.29 is 9.52 Å². The normalized spacial score (nSPS) is 10.3. The Morgan fingerprint density at radius 2 is 1.76 bits per heavy atom. The standard InChI is InChI=1S/C18H14O2Se/c19-13-7-6-11-16-15-10-4-5-12-17(15)20-18(16)21-14-8-2-1-3-9-14/h1-5,8-10,12,19H,7,13H2. The molecular formula is C18H14O2Se. The van der Waals surface area contributed by atoms with Crippen LogP contribution < -0.4 is 9.12 Å². The summed E-state index contributed by atoms with van der Waals surface area (Å²) in [5.74, 6) is 6.18. The first-order chi connectivity index (χ1) is 10.4. The van der Waals surface area contributed by atoms with Gasteiger partial charge in [0.05, 0.1) is 0 Å². The molecule has 2 aromatic carbocycles. The van der Waals surface area contributed by atoms with Crippen LogP contribution in [0.3, 0.4) is 0 Å². The summed E-state index contributed by atoms with van der Waals surface area (Å²) in [7, 11) is 0. The molecule has 21 heavy (non-hydrogen) atoms. The molecule has 104 valence electrons. The molecule has 0 atom stereocenters. The predicted octanol–water partition coefficient (Wildman–Crippen LogP) is 1.82. The third-order valence-corrected chi connectivity index (χ3v) is 5.02. The molecule has 0 saturated heterocycles. The molecule has 0 aliphatic heterocycles. The van der Waals surface area contributed by atoms with E-state index in [1.165, 1.54) is 4.46 Å². The SMILES string of the molecule is OCCC#Cc1c([Se]c2ccccc2)oc2ccccc12. The van der Waals surface area contributed by atoms with Crippen LogP contribution in [0.25, 0.3) is 11.0 Å². The van der Waals surface area contributed by atoms with Gasteiger partial charge in [0.2, 0.25) is 0 Å². The Labute approximate surface area is 129 Å². The summed E-state index contributed by atoms with van der Waals surface area (Å²) >= 11 is 0.0868. The first-order valence-corrected chi connectivity index (χ1v) is 8.44. The number of benzene rings is 2. The second-order valence-corrected chi connectivity index (χ2v) is 6.65. The van der Waals surface area contributed by atoms with Crippen LogP contribution >= 0.6 is 0 Å². The number of para-hydroxylation sites is 1. The van der Waals surface area contributed by atoms with Gasteiger partial charge in [0.15, 0.2) is 0 Å². The number of aliphatic hydroxyl groups is 1. The molecular weight excluding hydrogens is 327 g/mol. The zero-order valence-electron chi connectivity index (χ0n) is 11.4. The zero-order chi connectivity index (χ0) is 14.5. The summed E-state index contributed by atoms with van der Waals surface area (Å²) in [4.78, 5) is 0. The molecule has 3 rings (SSSR count). The van der Waals surface area contributed by atoms with Crippen LogP contribution in [-0.2, 0) is 0 Å². The van der Waals surface area contributed by atoms with Crippen molar-refractivity contribution in [1.82, 2.24) is 0 Å². The summed E-state index contributed by atoms with van der Waals surface area (Å²) in [6.45, 7) is 0.0853. The molecule has 0 aliphatic carbocycles. The van der Waals surface area contributed by atoms with Gasteiger partial charge in [-0.2, -0.15) is 0 Å². The zero-order valence-corrected chi connectivity index (χ0v) is 13.1. The fraction of sp³-hybridized carbons (Fsp3) is 0.111. The third kappa shape index (κ3) is 3.20. The molecule has 0 spiro atoms. The van der Waals surface area contributed by atoms with E-state index in [0.29, 0.717) is 6.42 Å². The predicted molar refractivity (Wildman–Crippen MR) is 86.3 cm³/mol. The van der Waals surface area contributed by atoms with Crippen molar-refractivity contribution in [2.75, 3.05) is 6.61 Å². The summed E-state index contributed by atoms with van der Waals surface area (Å²) < 4.78 is 8.20. The van der Waals surface area contributed by atoms with E-state index in [9.17, 15) is 0 Å². The number of hydrogen-bond donors (Lipinski definition) is 1. The van der Waals surface area contributed by atoms with Crippen molar-refractivity contribution in [2.24, 2.45) is 0 Å². The maximum absolute atomic E-state index is 8.89. The van der Waals surface area contributed by atoms with E-state index in [4.69, 9.17) is 9.52 Å². The number of hydrogen-bond acceptors (Lipinski definition) is 2. The molecule has 1 heterocycles. The van der Waals surface area contributed by atoms with Crippen molar-refractivity contribution in [3.8, 4) is 11.8 Å². The summed E-state index contributed by atoms with van der Waals surface area (Å²) in [6.07, 6.45) is 0.483. The molecule has 0 bridgehead atoms. The Hall–Kier alpha value is -1.98. The van der Waals surface area contributed by atoms with E-state index in [0.717, 1.165) is 21.2 Å². The summed E-state index contributed by atoms with van der Waals surface area (Å²) in [5, 5.41) is 9.94. The second kappa shape index (κ2) is 6.65. The fourth-order valence-corrected chi connectivity index (χ4v) is 3.91. The van der Waals surface area contributed by atoms with Gasteiger partial charge in [-0.15, -0.1) is 0 Å². The maximum atomic E-state index is 8.89. The number of rotatable bonds is 3. The molecule has 3 aromatic rings. The van der Waals surface area contributed by atoms with Crippen LogP contribution in [-0.4, -0.2) is 26.7 Å². The van der Waals surface area contributed by atoms with Gasteiger partial charge in [0, 0.05) is 0 Å². The monoisotopic (exact) mass is 342 g/mol. The Kier molecular flexibility index (Phi) is 4.43. The van der Waals surface area contributed by atoms with Crippen LogP contribution in [0.5, 0.6) is 0 Å². The minimum atomic E-state index is 0.0853. The Balaban J connectivity index is 2.04. The summed E-state index contributed by atoms with van der Waals surface area (Å²) in [6, 6.07) is 18.3. The molecule has 1 N–H and O–H groups in total. The van der Waals surface area contributed by atoms with Crippen LogP contribution in [0.1, 0.15) is 12.0 Å². The first-order valence-electron chi connectivity index (χ1n) is 6.72. The first kappa shape index (κ1) is 14.0. The van der Waals surface area contributed by atoms with Gasteiger partial charge in [0.25, 0.3) is 0 Å². The Morgan fingerprint density at radius 1 is 1.00 bits per heavy atom. The summed E-state index contributed by atoms with van der Waals surface area (Å²) in [5.41, 5.74) is 1.83.